The number of hydrogen-bond acceptors (Lipinski definition) is 11. The highest BCUT2D eigenvalue weighted by atomic mass is 32.2. The van der Waals surface area contributed by atoms with Crippen molar-refractivity contribution >= 4 is 63.6 Å². The van der Waals surface area contributed by atoms with Crippen LogP contribution in [0.4, 0.5) is 11.4 Å². The number of ether oxygens (including phenoxy) is 1. The number of methoxy groups -OCH3 is 1. The lowest BCUT2D eigenvalue weighted by Crippen LogP contribution is -2.46. The van der Waals surface area contributed by atoms with Crippen molar-refractivity contribution in [1.82, 2.24) is 34.1 Å². The van der Waals surface area contributed by atoms with Crippen LogP contribution in [0.25, 0.3) is 21.9 Å². The van der Waals surface area contributed by atoms with Crippen LogP contribution in [0.5, 0.6) is 5.75 Å². The topological polar surface area (TPSA) is 158 Å². The van der Waals surface area contributed by atoms with Gasteiger partial charge in [-0.2, -0.15) is 5.10 Å². The van der Waals surface area contributed by atoms with E-state index in [-0.39, 0.29) is 18.0 Å². The number of rotatable bonds is 8. The highest BCUT2D eigenvalue weighted by molar-refractivity contribution is 7.94. The summed E-state index contributed by atoms with van der Waals surface area (Å²) >= 11 is 1.33. The number of imidazole rings is 1. The summed E-state index contributed by atoms with van der Waals surface area (Å²) in [6, 6.07) is 11.6. The van der Waals surface area contributed by atoms with Gasteiger partial charge < -0.3 is 24.0 Å². The molecule has 5 aromatic rings. The molecule has 9 rings (SSSR count). The summed E-state index contributed by atoms with van der Waals surface area (Å²) in [7, 11) is 7.22. The number of fused-ring (bicyclic) bond motifs is 2. The summed E-state index contributed by atoms with van der Waals surface area (Å²) in [5.74, 6) is -0.0247. The van der Waals surface area contributed by atoms with E-state index >= 15 is 0 Å². The van der Waals surface area contributed by atoms with Gasteiger partial charge in [-0.25, -0.2) is 4.79 Å². The molecule has 2 N–H and O–H groups in total. The van der Waals surface area contributed by atoms with E-state index in [4.69, 9.17) is 8.92 Å². The predicted molar refractivity (Wildman–Crippen MR) is 239 cm³/mol. The van der Waals surface area contributed by atoms with Crippen LogP contribution in [0.3, 0.4) is 0 Å². The Bertz CT molecular complexity index is 2380. The van der Waals surface area contributed by atoms with Crippen molar-refractivity contribution in [1.29, 1.82) is 0 Å². The van der Waals surface area contributed by atoms with Gasteiger partial charge in [-0.3, -0.25) is 38.5 Å². The van der Waals surface area contributed by atoms with Crippen LogP contribution in [0, 0.1) is 12.3 Å². The quantitative estimate of drug-likeness (QED) is 0.0962. The first-order chi connectivity index (χ1) is 29.5. The van der Waals surface area contributed by atoms with E-state index in [0.29, 0.717) is 35.7 Å². The Kier molecular flexibility index (Phi) is 14.2. The molecule has 4 aliphatic rings. The van der Waals surface area contributed by atoms with Crippen molar-refractivity contribution < 1.29 is 23.3 Å². The van der Waals surface area contributed by atoms with Crippen LogP contribution in [0.2, 0.25) is 0 Å². The number of carbonyl (C=O) groups excluding carboxylic acids is 3. The average molecular weight is 854 g/mol. The molecular formula is C45H59N9O6S. The molecule has 3 aliphatic heterocycles. The van der Waals surface area contributed by atoms with Gasteiger partial charge in [-0.1, -0.05) is 25.3 Å². The number of aromatic nitrogens is 5. The Balaban J connectivity index is 0.000000159. The van der Waals surface area contributed by atoms with Gasteiger partial charge in [0, 0.05) is 68.6 Å². The molecule has 6 heterocycles. The molecule has 326 valence electrons. The van der Waals surface area contributed by atoms with Crippen LogP contribution in [-0.2, 0) is 25.6 Å². The number of nitrogens with one attached hydrogen (secondary N) is 2. The maximum atomic E-state index is 13.2. The number of pyridine rings is 1. The first kappa shape index (κ1) is 43.9. The van der Waals surface area contributed by atoms with E-state index in [2.05, 4.69) is 54.5 Å². The molecule has 3 amide bonds. The van der Waals surface area contributed by atoms with Crippen molar-refractivity contribution in [2.45, 2.75) is 94.5 Å². The molecule has 0 radical (unpaired) electrons. The number of imide groups is 1. The fourth-order valence-electron chi connectivity index (χ4n) is 9.34. The fourth-order valence-corrected chi connectivity index (χ4v) is 9.87. The first-order valence-electron chi connectivity index (χ1n) is 21.4. The van der Waals surface area contributed by atoms with Crippen LogP contribution >= 0.6 is 12.0 Å². The molecule has 2 aromatic carbocycles. The van der Waals surface area contributed by atoms with E-state index < -0.39 is 11.9 Å². The summed E-state index contributed by atoms with van der Waals surface area (Å²) < 4.78 is 15.5. The number of hydrogen-bond donors (Lipinski definition) is 2. The minimum absolute atomic E-state index is 0.208. The number of benzene rings is 2. The number of nitrogens with zero attached hydrogens (tertiary/aromatic N) is 7. The standard InChI is InChI=1S/C23H31N5O3.C15H19N3O2.C7H9NOS/c1-25-12-8-23(9-13-25)10-14-27(15-11-23)16-4-3-5-17-20(16)26(2)22(31)28(17)18-6-7-19(29)24-21(18)30;1-20-15-8-13-11(7-14(15)16-10-19)9-18(17-13)12-5-3-2-4-6-12;1-6-3-7(10-9-2)5-8-4-6/h3-5,18H,6-15H2,1-2H3,(H,24,29,30);7-10,12H,2-6H2,1H3,(H,16,19);3-5H,1-2H3. The molecule has 1 spiro atoms. The highest BCUT2D eigenvalue weighted by Gasteiger charge is 2.38. The predicted octanol–water partition coefficient (Wildman–Crippen LogP) is 6.79. The van der Waals surface area contributed by atoms with E-state index in [1.165, 1.54) is 82.9 Å². The smallest absolute Gasteiger partial charge is 0.329 e. The Morgan fingerprint density at radius 2 is 1.67 bits per heavy atom. The van der Waals surface area contributed by atoms with Gasteiger partial charge in [0.25, 0.3) is 0 Å². The zero-order chi connectivity index (χ0) is 43.1. The monoisotopic (exact) mass is 853 g/mol. The third kappa shape index (κ3) is 9.97. The fraction of sp³-hybridized carbons (Fsp3) is 0.511. The lowest BCUT2D eigenvalue weighted by molar-refractivity contribution is -0.135. The summed E-state index contributed by atoms with van der Waals surface area (Å²) in [5, 5.41) is 10.7. The maximum absolute atomic E-state index is 13.2. The number of piperidine rings is 3. The number of carbonyl (C=O) groups is 3. The van der Waals surface area contributed by atoms with E-state index in [1.807, 2.05) is 43.5 Å². The number of aryl methyl sites for hydroxylation is 2. The molecule has 1 aliphatic carbocycles. The molecule has 3 saturated heterocycles. The minimum Gasteiger partial charge on any atom is -0.494 e. The molecule has 61 heavy (non-hydrogen) atoms. The number of para-hydroxylation sites is 1. The molecule has 1 atom stereocenters. The van der Waals surface area contributed by atoms with Crippen LogP contribution in [-0.4, -0.2) is 94.5 Å². The van der Waals surface area contributed by atoms with Crippen molar-refractivity contribution in [3.05, 3.63) is 71.0 Å². The third-order valence-electron chi connectivity index (χ3n) is 12.9. The van der Waals surface area contributed by atoms with Crippen molar-refractivity contribution in [3.8, 4) is 5.75 Å². The number of amides is 3. The van der Waals surface area contributed by atoms with Gasteiger partial charge in [-0.05, 0) is 107 Å². The minimum atomic E-state index is -0.645. The molecule has 0 bridgehead atoms. The third-order valence-corrected chi connectivity index (χ3v) is 13.4. The second-order valence-corrected chi connectivity index (χ2v) is 17.8. The van der Waals surface area contributed by atoms with Crippen molar-refractivity contribution in [2.75, 3.05) is 57.7 Å². The molecular weight excluding hydrogens is 795 g/mol. The summed E-state index contributed by atoms with van der Waals surface area (Å²) in [4.78, 5) is 57.7. The Morgan fingerprint density at radius 3 is 2.34 bits per heavy atom. The Labute approximate surface area is 361 Å². The van der Waals surface area contributed by atoms with E-state index in [9.17, 15) is 19.2 Å². The van der Waals surface area contributed by atoms with Gasteiger partial charge in [-0.15, -0.1) is 0 Å². The Morgan fingerprint density at radius 1 is 0.934 bits per heavy atom. The zero-order valence-electron chi connectivity index (χ0n) is 36.0. The van der Waals surface area contributed by atoms with Crippen LogP contribution in [0.1, 0.15) is 88.3 Å². The second-order valence-electron chi connectivity index (χ2n) is 16.8. The van der Waals surface area contributed by atoms with E-state index in [0.717, 1.165) is 51.2 Å². The normalized spacial score (nSPS) is 19.5. The first-order valence-corrected chi connectivity index (χ1v) is 22.1. The lowest BCUT2D eigenvalue weighted by atomic mass is 9.71. The van der Waals surface area contributed by atoms with Gasteiger partial charge in [0.1, 0.15) is 11.8 Å². The second kappa shape index (κ2) is 19.7. The van der Waals surface area contributed by atoms with Crippen molar-refractivity contribution in [2.24, 2.45) is 12.5 Å². The largest absolute Gasteiger partial charge is 0.494 e. The van der Waals surface area contributed by atoms with Crippen LogP contribution in [0.15, 0.2) is 64.7 Å². The summed E-state index contributed by atoms with van der Waals surface area (Å²) in [6.45, 7) is 6.34. The number of likely N-dealkylation sites (tertiary alicyclic amines) is 1. The average Bonchev–Trinajstić information content (AvgIpc) is 3.80. The summed E-state index contributed by atoms with van der Waals surface area (Å²) in [6.07, 6.45) is 18.1. The highest BCUT2D eigenvalue weighted by Crippen LogP contribution is 2.43. The molecule has 3 aromatic heterocycles. The number of anilines is 2. The lowest BCUT2D eigenvalue weighted by Gasteiger charge is -2.47. The van der Waals surface area contributed by atoms with Gasteiger partial charge in [0.2, 0.25) is 18.2 Å². The van der Waals surface area contributed by atoms with Gasteiger partial charge in [0.05, 0.1) is 53.1 Å². The molecule has 1 saturated carbocycles. The van der Waals surface area contributed by atoms with Crippen LogP contribution < -0.4 is 26.0 Å². The van der Waals surface area contributed by atoms with Gasteiger partial charge >= 0.3 is 5.69 Å². The summed E-state index contributed by atoms with van der Waals surface area (Å²) in [5.41, 5.74) is 5.69. The Hall–Kier alpha value is -5.19. The SMILES string of the molecule is CN1CCC2(CC1)CCN(c1cccc3c1n(C)c(=O)n3C1CCC(=O)NC1=O)CC2.COSc1cncc(C)c1.COc1cc2nn(C3CCCCC3)cc2cc1NC=O. The maximum Gasteiger partial charge on any atom is 0.329 e. The van der Waals surface area contributed by atoms with Crippen molar-refractivity contribution in [3.63, 3.8) is 0 Å². The van der Waals surface area contributed by atoms with E-state index in [1.54, 1.807) is 36.6 Å². The molecule has 16 heteroatoms. The molecule has 15 nitrogen and oxygen atoms in total. The molecule has 4 fully saturated rings. The van der Waals surface area contributed by atoms with Gasteiger partial charge in [0.15, 0.2) is 0 Å². The zero-order valence-corrected chi connectivity index (χ0v) is 36.8. The molecule has 1 unspecified atom stereocenters.